The fourth-order valence-corrected chi connectivity index (χ4v) is 10.1. The lowest BCUT2D eigenvalue weighted by Crippen LogP contribution is -2.50. The number of carbonyl (C=O) groups is 10. The van der Waals surface area contributed by atoms with Gasteiger partial charge in [-0.1, -0.05) is 49.4 Å². The van der Waals surface area contributed by atoms with Gasteiger partial charge in [0.2, 0.25) is 35.4 Å². The molecule has 0 radical (unpaired) electrons. The summed E-state index contributed by atoms with van der Waals surface area (Å²) in [5, 5.41) is 62.6. The lowest BCUT2D eigenvalue weighted by Gasteiger charge is -2.32. The molecule has 1 fully saturated rings. The number of rotatable bonds is 34. The van der Waals surface area contributed by atoms with Crippen LogP contribution >= 0.6 is 0 Å². The van der Waals surface area contributed by atoms with Crippen molar-refractivity contribution in [2.24, 2.45) is 10.7 Å². The number of urea groups is 1. The molecule has 2 aliphatic rings. The summed E-state index contributed by atoms with van der Waals surface area (Å²) in [6, 6.07) is 13.2. The lowest BCUT2D eigenvalue weighted by atomic mass is 10.0. The predicted molar refractivity (Wildman–Crippen MR) is 332 cm³/mol. The van der Waals surface area contributed by atoms with Gasteiger partial charge in [0.15, 0.2) is 5.96 Å². The first-order valence-electron chi connectivity index (χ1n) is 30.4. The van der Waals surface area contributed by atoms with Crippen molar-refractivity contribution in [3.63, 3.8) is 0 Å². The number of halogens is 2. The Kier molecular flexibility index (Phi) is 31.4. The molecule has 8 amide bonds. The highest BCUT2D eigenvalue weighted by molar-refractivity contribution is 5.95. The van der Waals surface area contributed by atoms with Crippen molar-refractivity contribution < 1.29 is 77.2 Å². The molecule has 15 N–H and O–H groups in total. The van der Waals surface area contributed by atoms with Gasteiger partial charge in [0.05, 0.1) is 26.2 Å². The minimum atomic E-state index is -1.26. The number of carboxylic acids is 3. The van der Waals surface area contributed by atoms with E-state index in [2.05, 4.69) is 52.8 Å². The zero-order valence-corrected chi connectivity index (χ0v) is 51.6. The van der Waals surface area contributed by atoms with Crippen LogP contribution in [0.25, 0.3) is 0 Å². The molecular formula is C60H86F2N16O14. The number of aromatic hydroxyl groups is 1. The van der Waals surface area contributed by atoms with Crippen LogP contribution < -0.4 is 53.6 Å². The van der Waals surface area contributed by atoms with Crippen molar-refractivity contribution in [2.45, 2.75) is 77.2 Å². The normalized spacial score (nSPS) is 15.2. The van der Waals surface area contributed by atoms with E-state index in [1.54, 1.807) is 56.9 Å². The Balaban J connectivity index is 1.08. The van der Waals surface area contributed by atoms with Gasteiger partial charge < -0.3 is 68.7 Å². The second-order valence-electron chi connectivity index (χ2n) is 21.9. The summed E-state index contributed by atoms with van der Waals surface area (Å²) in [7, 11) is 0. The maximum Gasteiger partial charge on any atom is 0.321 e. The van der Waals surface area contributed by atoms with E-state index in [0.29, 0.717) is 43.8 Å². The predicted octanol–water partition coefficient (Wildman–Crippen LogP) is -1.15. The second-order valence-corrected chi connectivity index (χ2v) is 21.9. The van der Waals surface area contributed by atoms with Crippen LogP contribution in [-0.2, 0) is 62.8 Å². The average molecular weight is 1290 g/mol. The van der Waals surface area contributed by atoms with Crippen molar-refractivity contribution in [3.8, 4) is 5.75 Å². The van der Waals surface area contributed by atoms with Crippen LogP contribution in [-0.4, -0.2) is 241 Å². The summed E-state index contributed by atoms with van der Waals surface area (Å²) in [4.78, 5) is 138. The Morgan fingerprint density at radius 3 is 1.66 bits per heavy atom. The zero-order valence-electron chi connectivity index (χ0n) is 51.6. The number of guanidine groups is 1. The van der Waals surface area contributed by atoms with E-state index in [-0.39, 0.29) is 174 Å². The number of hydrogen-bond donors (Lipinski definition) is 14. The Morgan fingerprint density at radius 1 is 0.587 bits per heavy atom. The van der Waals surface area contributed by atoms with Gasteiger partial charge >= 0.3 is 23.9 Å². The van der Waals surface area contributed by atoms with Gasteiger partial charge in [0.1, 0.15) is 29.5 Å². The largest absolute Gasteiger partial charge is 0.508 e. The molecule has 2 heterocycles. The molecule has 0 unspecified atom stereocenters. The van der Waals surface area contributed by atoms with Crippen LogP contribution in [0.3, 0.4) is 0 Å². The molecule has 504 valence electrons. The zero-order chi connectivity index (χ0) is 67.0. The monoisotopic (exact) mass is 1290 g/mol. The maximum atomic E-state index is 14.7. The highest BCUT2D eigenvalue weighted by Crippen LogP contribution is 2.35. The van der Waals surface area contributed by atoms with Crippen LogP contribution in [0.4, 0.5) is 19.3 Å². The highest BCUT2D eigenvalue weighted by Gasteiger charge is 2.35. The van der Waals surface area contributed by atoms with Crippen molar-refractivity contribution in [3.05, 3.63) is 94.6 Å². The topological polar surface area (TPSA) is 414 Å². The Morgan fingerprint density at radius 2 is 1.11 bits per heavy atom. The summed E-state index contributed by atoms with van der Waals surface area (Å²) in [6.45, 7) is 3.88. The smallest absolute Gasteiger partial charge is 0.321 e. The first kappa shape index (κ1) is 73.6. The minimum absolute atomic E-state index is 0.00723. The number of hydrogen-bond acceptors (Lipinski definition) is 18. The summed E-state index contributed by atoms with van der Waals surface area (Å²) >= 11 is 0. The van der Waals surface area contributed by atoms with E-state index in [0.717, 1.165) is 16.8 Å². The molecule has 0 aliphatic carbocycles. The minimum Gasteiger partial charge on any atom is -0.508 e. The van der Waals surface area contributed by atoms with Crippen molar-refractivity contribution in [1.82, 2.24) is 67.0 Å². The van der Waals surface area contributed by atoms with Crippen molar-refractivity contribution in [1.29, 1.82) is 0 Å². The number of amides is 8. The van der Waals surface area contributed by atoms with Crippen molar-refractivity contribution >= 4 is 71.0 Å². The second kappa shape index (κ2) is 39.2. The summed E-state index contributed by atoms with van der Waals surface area (Å²) in [6.07, 6.45) is 0.715. The quantitative estimate of drug-likeness (QED) is 0.0191. The summed E-state index contributed by atoms with van der Waals surface area (Å²) < 4.78 is 29.5. The number of aliphatic carboxylic acids is 3. The molecule has 2 atom stereocenters. The van der Waals surface area contributed by atoms with E-state index >= 15 is 0 Å². The van der Waals surface area contributed by atoms with Crippen LogP contribution in [0.15, 0.2) is 65.7 Å². The van der Waals surface area contributed by atoms with Crippen molar-refractivity contribution in [2.75, 3.05) is 130 Å². The number of benzene rings is 3. The number of nitrogens with one attached hydrogen (secondary N) is 9. The third-order valence-electron chi connectivity index (χ3n) is 14.9. The van der Waals surface area contributed by atoms with Gasteiger partial charge in [0.25, 0.3) is 0 Å². The van der Waals surface area contributed by atoms with Gasteiger partial charge in [-0.25, -0.2) is 13.6 Å². The Bertz CT molecular complexity index is 2970. The molecule has 30 nitrogen and oxygen atoms in total. The molecule has 1 saturated heterocycles. The molecule has 0 aromatic heterocycles. The Hall–Kier alpha value is -9.11. The number of nitrogens with two attached hydrogens (primary N) is 1. The number of nitrogens with zero attached hydrogens (tertiary/aromatic N) is 6. The molecule has 0 saturated carbocycles. The molecule has 3 aromatic carbocycles. The summed E-state index contributed by atoms with van der Waals surface area (Å²) in [5.74, 6) is -8.90. The van der Waals surface area contributed by atoms with Gasteiger partial charge in [-0.2, -0.15) is 0 Å². The number of phenols is 1. The molecular weight excluding hydrogens is 1210 g/mol. The lowest BCUT2D eigenvalue weighted by molar-refractivity contribution is -0.140. The van der Waals surface area contributed by atoms with Gasteiger partial charge in [-0.05, 0) is 42.0 Å². The third kappa shape index (κ3) is 27.2. The van der Waals surface area contributed by atoms with Gasteiger partial charge in [-0.3, -0.25) is 78.0 Å². The van der Waals surface area contributed by atoms with Gasteiger partial charge in [-0.15, -0.1) is 0 Å². The first-order valence-corrected chi connectivity index (χ1v) is 30.4. The first-order chi connectivity index (χ1) is 44.1. The van der Waals surface area contributed by atoms with Crippen LogP contribution in [0.5, 0.6) is 5.75 Å². The van der Waals surface area contributed by atoms with E-state index < -0.39 is 83.2 Å². The van der Waals surface area contributed by atoms with Gasteiger partial charge in [0, 0.05) is 160 Å². The number of fused-ring (bicyclic) bond motifs is 1. The number of carbonyl (C=O) groups excluding carboxylic acids is 7. The standard InChI is InChI=1S/C60H86F2N16O14/c1-2-49(80)66-21-22-70-60(92)73-59(63)69-16-7-13-48(57(90)71-33-43-45(61)31-42(79)32-46(43)62)72-58(91)56(40-9-4-3-5-10-40)78-34-41-11-6-12-47(44(41)35-78)64-17-8-18-65-50(81)14-15-51(82)67-19-20-68-52(83)36-74-23-25-75(37-53(84)85)27-29-77(39-55(88)89)30-28-76(26-24-74)38-54(86)87/h3-6,9-12,31-32,48,56,64,79H,2,7-8,13-30,33-39H2,1H3,(H,65,81)(H,66,80)(H,67,82)(H,68,83)(H,71,90)(H,72,91)(H,84,85)(H,86,87)(H,88,89)(H4,63,69,70,73,92)/t48-,56+/m1/s1. The number of carboxylic acid groups (broad SMARTS) is 3. The van der Waals surface area contributed by atoms with E-state index in [1.807, 2.05) is 23.1 Å². The molecule has 5 rings (SSSR count). The van der Waals surface area contributed by atoms with E-state index in [4.69, 9.17) is 5.73 Å². The number of phenolic OH excluding ortho intramolecular Hbond substituents is 1. The molecule has 92 heavy (non-hydrogen) atoms. The molecule has 0 bridgehead atoms. The SMILES string of the molecule is CCC(=O)NCCNC(=O)NC(N)=NCCC[C@@H](NC(=O)[C@H](c1ccccc1)N1Cc2cccc(NCCCNC(=O)CCC(=O)NCCNC(=O)CN3CCN(CC(=O)O)CCN(CC(=O)O)CCN(CC(=O)O)CC3)c2C1)C(=O)NCc1c(F)cc(O)cc1F. The van der Waals surface area contributed by atoms with Crippen LogP contribution in [0.1, 0.15) is 73.7 Å². The third-order valence-corrected chi connectivity index (χ3v) is 14.9. The molecule has 3 aromatic rings. The number of aliphatic imine (C=N–C) groups is 1. The average Bonchev–Trinajstić information content (AvgIpc) is 1.67. The van der Waals surface area contributed by atoms with E-state index in [9.17, 15) is 77.2 Å². The number of anilines is 1. The molecule has 0 spiro atoms. The summed E-state index contributed by atoms with van der Waals surface area (Å²) in [5.41, 5.74) is 8.67. The fraction of sp³-hybridized carbons (Fsp3) is 0.517. The maximum absolute atomic E-state index is 14.7. The van der Waals surface area contributed by atoms with Crippen LogP contribution in [0, 0.1) is 11.6 Å². The molecule has 2 aliphatic heterocycles. The fourth-order valence-electron chi connectivity index (χ4n) is 10.1. The Labute approximate surface area is 531 Å². The highest BCUT2D eigenvalue weighted by atomic mass is 19.1. The molecule has 32 heteroatoms. The van der Waals surface area contributed by atoms with E-state index in [1.165, 1.54) is 0 Å². The van der Waals surface area contributed by atoms with Crippen LogP contribution in [0.2, 0.25) is 0 Å².